The van der Waals surface area contributed by atoms with Crippen molar-refractivity contribution >= 4 is 27.6 Å². The van der Waals surface area contributed by atoms with Crippen molar-refractivity contribution in [2.24, 2.45) is 0 Å². The lowest BCUT2D eigenvalue weighted by Crippen LogP contribution is -2.47. The Kier molecular flexibility index (Phi) is 4.90. The summed E-state index contributed by atoms with van der Waals surface area (Å²) < 4.78 is 1.21. The number of nitrogens with one attached hydrogen (secondary N) is 1. The molecule has 1 fully saturated rings. The molecule has 1 aromatic heterocycles. The molecule has 118 valence electrons. The Bertz CT molecular complexity index is 610. The van der Waals surface area contributed by atoms with Crippen molar-refractivity contribution < 1.29 is 9.90 Å². The predicted octanol–water partition coefficient (Wildman–Crippen LogP) is 2.40. The third-order valence-electron chi connectivity index (χ3n) is 3.87. The average molecular weight is 319 g/mol. The number of hydrogen-bond donors (Lipinski definition) is 2. The number of aliphatic hydroxyl groups is 1. The van der Waals surface area contributed by atoms with E-state index < -0.39 is 0 Å². The number of fused-ring (bicyclic) bond motifs is 1. The van der Waals surface area contributed by atoms with E-state index in [1.165, 1.54) is 4.70 Å². The molecule has 2 heterocycles. The molecule has 2 N–H and O–H groups in total. The number of carbonyl (C=O) groups excluding carboxylic acids is 1. The first kappa shape index (κ1) is 15.2. The quantitative estimate of drug-likeness (QED) is 0.851. The van der Waals surface area contributed by atoms with Crippen LogP contribution in [0, 0.1) is 0 Å². The van der Waals surface area contributed by atoms with E-state index in [0.717, 1.165) is 42.8 Å². The number of hydrogen-bond acceptors (Lipinski definition) is 4. The molecule has 1 aromatic carbocycles. The third-order valence-corrected chi connectivity index (χ3v) is 4.96. The lowest BCUT2D eigenvalue weighted by molar-refractivity contribution is 0.0843. The Balaban J connectivity index is 1.42. The van der Waals surface area contributed by atoms with Crippen molar-refractivity contribution in [3.63, 3.8) is 0 Å². The van der Waals surface area contributed by atoms with Crippen molar-refractivity contribution in [2.75, 3.05) is 19.6 Å². The van der Waals surface area contributed by atoms with Gasteiger partial charge in [-0.25, -0.2) is 9.78 Å². The highest BCUT2D eigenvalue weighted by atomic mass is 32.1. The average Bonchev–Trinajstić information content (AvgIpc) is 2.94. The standard InChI is InChI=1S/C16H21N3O2S/c20-12-5-4-10-19(11-12)16(21)17-9-3-8-15-18-13-6-1-2-7-14(13)22-15/h1-2,6-7,12,20H,3-5,8-11H2,(H,17,21). The molecule has 3 rings (SSSR count). The molecule has 0 saturated carbocycles. The SMILES string of the molecule is O=C(NCCCc1nc2ccccc2s1)N1CCCC(O)C1. The summed E-state index contributed by atoms with van der Waals surface area (Å²) in [5.74, 6) is 0. The number of β-amino-alcohol motifs (C(OH)–C–C–N with tert-alkyl or cyclic N) is 1. The Labute approximate surface area is 134 Å². The maximum absolute atomic E-state index is 12.0. The van der Waals surface area contributed by atoms with E-state index >= 15 is 0 Å². The second-order valence-electron chi connectivity index (χ2n) is 5.65. The summed E-state index contributed by atoms with van der Waals surface area (Å²) in [6.07, 6.45) is 3.05. The van der Waals surface area contributed by atoms with Gasteiger partial charge in [0.2, 0.25) is 0 Å². The number of likely N-dealkylation sites (tertiary alicyclic amines) is 1. The Hall–Kier alpha value is -1.66. The lowest BCUT2D eigenvalue weighted by atomic mass is 10.1. The van der Waals surface area contributed by atoms with Crippen LogP contribution < -0.4 is 5.32 Å². The van der Waals surface area contributed by atoms with Gasteiger partial charge in [-0.05, 0) is 31.4 Å². The summed E-state index contributed by atoms with van der Waals surface area (Å²) in [4.78, 5) is 18.3. The van der Waals surface area contributed by atoms with Gasteiger partial charge in [0, 0.05) is 26.1 Å². The van der Waals surface area contributed by atoms with E-state index in [0.29, 0.717) is 13.1 Å². The van der Waals surface area contributed by atoms with Gasteiger partial charge in [-0.2, -0.15) is 0 Å². The fourth-order valence-corrected chi connectivity index (χ4v) is 3.72. The van der Waals surface area contributed by atoms with Crippen LogP contribution >= 0.6 is 11.3 Å². The number of aryl methyl sites for hydroxylation is 1. The number of aliphatic hydroxyl groups excluding tert-OH is 1. The molecular formula is C16H21N3O2S. The smallest absolute Gasteiger partial charge is 0.317 e. The van der Waals surface area contributed by atoms with Crippen molar-refractivity contribution in [2.45, 2.75) is 31.8 Å². The number of rotatable bonds is 4. The Morgan fingerprint density at radius 1 is 1.45 bits per heavy atom. The highest BCUT2D eigenvalue weighted by molar-refractivity contribution is 7.18. The fourth-order valence-electron chi connectivity index (χ4n) is 2.71. The van der Waals surface area contributed by atoms with Crippen LogP contribution in [-0.2, 0) is 6.42 Å². The number of piperidine rings is 1. The van der Waals surface area contributed by atoms with E-state index in [9.17, 15) is 9.90 Å². The number of amides is 2. The van der Waals surface area contributed by atoms with Gasteiger partial charge >= 0.3 is 6.03 Å². The highest BCUT2D eigenvalue weighted by Gasteiger charge is 2.21. The van der Waals surface area contributed by atoms with E-state index in [1.54, 1.807) is 16.2 Å². The molecule has 0 spiro atoms. The first-order valence-corrected chi connectivity index (χ1v) is 8.59. The highest BCUT2D eigenvalue weighted by Crippen LogP contribution is 2.22. The van der Waals surface area contributed by atoms with Crippen LogP contribution in [0.4, 0.5) is 4.79 Å². The summed E-state index contributed by atoms with van der Waals surface area (Å²) in [5, 5.41) is 13.6. The number of carbonyl (C=O) groups is 1. The normalized spacial score (nSPS) is 18.6. The Morgan fingerprint density at radius 3 is 3.14 bits per heavy atom. The van der Waals surface area contributed by atoms with Crippen molar-refractivity contribution in [1.82, 2.24) is 15.2 Å². The largest absolute Gasteiger partial charge is 0.391 e. The molecule has 2 aromatic rings. The molecule has 0 bridgehead atoms. The third kappa shape index (κ3) is 3.75. The molecule has 5 nitrogen and oxygen atoms in total. The molecule has 0 radical (unpaired) electrons. The van der Waals surface area contributed by atoms with Crippen LogP contribution in [0.15, 0.2) is 24.3 Å². The lowest BCUT2D eigenvalue weighted by Gasteiger charge is -2.30. The number of benzene rings is 1. The minimum Gasteiger partial charge on any atom is -0.391 e. The summed E-state index contributed by atoms with van der Waals surface area (Å²) in [7, 11) is 0. The molecule has 1 aliphatic rings. The topological polar surface area (TPSA) is 65.5 Å². The van der Waals surface area contributed by atoms with Crippen LogP contribution in [-0.4, -0.2) is 46.8 Å². The van der Waals surface area contributed by atoms with Gasteiger partial charge in [0.05, 0.1) is 21.3 Å². The van der Waals surface area contributed by atoms with Gasteiger partial charge in [0.15, 0.2) is 0 Å². The minimum atomic E-state index is -0.373. The summed E-state index contributed by atoms with van der Waals surface area (Å²) in [6, 6.07) is 8.07. The van der Waals surface area contributed by atoms with E-state index in [4.69, 9.17) is 0 Å². The van der Waals surface area contributed by atoms with Gasteiger partial charge in [-0.3, -0.25) is 0 Å². The number of aromatic nitrogens is 1. The summed E-state index contributed by atoms with van der Waals surface area (Å²) in [5.41, 5.74) is 1.05. The van der Waals surface area contributed by atoms with Crippen LogP contribution in [0.3, 0.4) is 0 Å². The number of urea groups is 1. The van der Waals surface area contributed by atoms with E-state index in [-0.39, 0.29) is 12.1 Å². The van der Waals surface area contributed by atoms with Crippen molar-refractivity contribution in [3.05, 3.63) is 29.3 Å². The monoisotopic (exact) mass is 319 g/mol. The zero-order valence-corrected chi connectivity index (χ0v) is 13.3. The molecule has 2 amide bonds. The maximum atomic E-state index is 12.0. The number of para-hydroxylation sites is 1. The molecule has 1 aliphatic heterocycles. The second kappa shape index (κ2) is 7.07. The van der Waals surface area contributed by atoms with Gasteiger partial charge in [0.1, 0.15) is 0 Å². The van der Waals surface area contributed by atoms with Gasteiger partial charge in [0.25, 0.3) is 0 Å². The molecule has 22 heavy (non-hydrogen) atoms. The molecule has 1 atom stereocenters. The van der Waals surface area contributed by atoms with Crippen LogP contribution in [0.1, 0.15) is 24.3 Å². The van der Waals surface area contributed by atoms with Gasteiger partial charge in [-0.15, -0.1) is 11.3 Å². The van der Waals surface area contributed by atoms with Gasteiger partial charge < -0.3 is 15.3 Å². The maximum Gasteiger partial charge on any atom is 0.317 e. The first-order chi connectivity index (χ1) is 10.7. The molecule has 6 heteroatoms. The van der Waals surface area contributed by atoms with Crippen LogP contribution in [0.2, 0.25) is 0 Å². The molecular weight excluding hydrogens is 298 g/mol. The summed E-state index contributed by atoms with van der Waals surface area (Å²) >= 11 is 1.72. The van der Waals surface area contributed by atoms with Crippen LogP contribution in [0.25, 0.3) is 10.2 Å². The second-order valence-corrected chi connectivity index (χ2v) is 6.77. The van der Waals surface area contributed by atoms with Crippen LogP contribution in [0.5, 0.6) is 0 Å². The number of nitrogens with zero attached hydrogens (tertiary/aromatic N) is 2. The molecule has 0 aliphatic carbocycles. The van der Waals surface area contributed by atoms with E-state index in [2.05, 4.69) is 16.4 Å². The van der Waals surface area contributed by atoms with Crippen molar-refractivity contribution in [1.29, 1.82) is 0 Å². The number of thiazole rings is 1. The first-order valence-electron chi connectivity index (χ1n) is 7.77. The van der Waals surface area contributed by atoms with Crippen molar-refractivity contribution in [3.8, 4) is 0 Å². The summed E-state index contributed by atoms with van der Waals surface area (Å²) in [6.45, 7) is 1.83. The minimum absolute atomic E-state index is 0.0666. The molecule has 1 saturated heterocycles. The predicted molar refractivity (Wildman–Crippen MR) is 88.2 cm³/mol. The molecule has 1 unspecified atom stereocenters. The van der Waals surface area contributed by atoms with Gasteiger partial charge in [-0.1, -0.05) is 12.1 Å². The zero-order valence-electron chi connectivity index (χ0n) is 12.5. The fraction of sp³-hybridized carbons (Fsp3) is 0.500. The van der Waals surface area contributed by atoms with E-state index in [1.807, 2.05) is 18.2 Å². The Morgan fingerprint density at radius 2 is 2.32 bits per heavy atom. The zero-order chi connectivity index (χ0) is 15.4.